The third-order valence-electron chi connectivity index (χ3n) is 4.05. The van der Waals surface area contributed by atoms with E-state index in [1.165, 1.54) is 56.9 Å². The molecule has 0 atom stereocenters. The van der Waals surface area contributed by atoms with Gasteiger partial charge in [-0.25, -0.2) is 4.79 Å². The van der Waals surface area contributed by atoms with E-state index in [0.717, 1.165) is 37.4 Å². The van der Waals surface area contributed by atoms with E-state index in [-0.39, 0.29) is 5.97 Å². The molecule has 0 unspecified atom stereocenters. The van der Waals surface area contributed by atoms with Crippen molar-refractivity contribution >= 4 is 21.9 Å². The molecule has 0 spiro atoms. The zero-order valence-electron chi connectivity index (χ0n) is 15.4. The van der Waals surface area contributed by atoms with Gasteiger partial charge in [0.15, 0.2) is 0 Å². The fraction of sp³-hybridized carbons (Fsp3) is 0.850. The summed E-state index contributed by atoms with van der Waals surface area (Å²) in [6.45, 7) is 5.00. The van der Waals surface area contributed by atoms with E-state index in [1.807, 2.05) is 0 Å². The molecule has 0 aliphatic carbocycles. The minimum absolute atomic E-state index is 0.138. The van der Waals surface area contributed by atoms with Crippen molar-refractivity contribution in [3.8, 4) is 0 Å². The van der Waals surface area contributed by atoms with Crippen LogP contribution < -0.4 is 0 Å². The number of carbonyl (C=O) groups excluding carboxylic acids is 1. The second kappa shape index (κ2) is 18.0. The van der Waals surface area contributed by atoms with Crippen LogP contribution in [0.5, 0.6) is 0 Å². The van der Waals surface area contributed by atoms with E-state index in [1.54, 1.807) is 6.08 Å². The van der Waals surface area contributed by atoms with Crippen molar-refractivity contribution in [3.05, 3.63) is 11.6 Å². The minimum atomic E-state index is -0.138. The number of allylic oxidation sites excluding steroid dienone is 1. The van der Waals surface area contributed by atoms with Crippen molar-refractivity contribution < 1.29 is 9.53 Å². The van der Waals surface area contributed by atoms with Gasteiger partial charge in [-0.15, -0.1) is 0 Å². The molecule has 0 bridgehead atoms. The van der Waals surface area contributed by atoms with Gasteiger partial charge in [-0.1, -0.05) is 73.9 Å². The number of unbranched alkanes of at least 4 members (excludes halogenated alkanes) is 8. The summed E-state index contributed by atoms with van der Waals surface area (Å²) in [6, 6.07) is 0. The van der Waals surface area contributed by atoms with E-state index in [4.69, 9.17) is 4.74 Å². The highest BCUT2D eigenvalue weighted by Crippen LogP contribution is 2.17. The lowest BCUT2D eigenvalue weighted by molar-refractivity contribution is -0.137. The van der Waals surface area contributed by atoms with E-state index in [9.17, 15) is 4.79 Å². The van der Waals surface area contributed by atoms with Crippen LogP contribution in [0.4, 0.5) is 0 Å². The number of ether oxygens (including phenoxy) is 1. The van der Waals surface area contributed by atoms with Gasteiger partial charge in [-0.05, 0) is 44.9 Å². The Labute approximate surface area is 152 Å². The first-order chi connectivity index (χ1) is 11.2. The van der Waals surface area contributed by atoms with Gasteiger partial charge >= 0.3 is 5.97 Å². The topological polar surface area (TPSA) is 26.3 Å². The Morgan fingerprint density at radius 3 is 2.13 bits per heavy atom. The summed E-state index contributed by atoms with van der Waals surface area (Å²) >= 11 is 3.41. The molecule has 0 fully saturated rings. The Morgan fingerprint density at radius 2 is 1.43 bits per heavy atom. The maximum absolute atomic E-state index is 11.9. The lowest BCUT2D eigenvalue weighted by Gasteiger charge is -2.08. The van der Waals surface area contributed by atoms with Crippen LogP contribution in [0.1, 0.15) is 97.3 Å². The lowest BCUT2D eigenvalue weighted by Crippen LogP contribution is -2.04. The highest BCUT2D eigenvalue weighted by molar-refractivity contribution is 9.09. The molecule has 0 aliphatic rings. The molecule has 0 rings (SSSR count). The molecule has 136 valence electrons. The van der Waals surface area contributed by atoms with Gasteiger partial charge in [0.2, 0.25) is 0 Å². The van der Waals surface area contributed by atoms with Crippen molar-refractivity contribution in [2.45, 2.75) is 97.3 Å². The molecular formula is C20H37BrO2. The van der Waals surface area contributed by atoms with Crippen molar-refractivity contribution in [1.82, 2.24) is 0 Å². The summed E-state index contributed by atoms with van der Waals surface area (Å²) in [4.78, 5) is 11.9. The first-order valence-corrected chi connectivity index (χ1v) is 10.8. The predicted molar refractivity (Wildman–Crippen MR) is 104 cm³/mol. The van der Waals surface area contributed by atoms with Crippen LogP contribution in [0.25, 0.3) is 0 Å². The van der Waals surface area contributed by atoms with E-state index in [2.05, 4.69) is 29.8 Å². The van der Waals surface area contributed by atoms with Crippen molar-refractivity contribution in [2.75, 3.05) is 11.9 Å². The van der Waals surface area contributed by atoms with Gasteiger partial charge in [0.25, 0.3) is 0 Å². The van der Waals surface area contributed by atoms with Crippen molar-refractivity contribution in [3.63, 3.8) is 0 Å². The fourth-order valence-electron chi connectivity index (χ4n) is 2.56. The van der Waals surface area contributed by atoms with Crippen molar-refractivity contribution in [1.29, 1.82) is 0 Å². The Morgan fingerprint density at radius 1 is 0.826 bits per heavy atom. The highest BCUT2D eigenvalue weighted by Gasteiger charge is 2.04. The molecule has 23 heavy (non-hydrogen) atoms. The third kappa shape index (κ3) is 16.3. The zero-order chi connectivity index (χ0) is 17.2. The number of alkyl halides is 1. The number of rotatable bonds is 16. The number of carbonyl (C=O) groups is 1. The monoisotopic (exact) mass is 388 g/mol. The SMILES string of the molecule is CCCCCCCC/C(=C/C(=O)OCCCCCBr)CCCC. The van der Waals surface area contributed by atoms with E-state index in [0.29, 0.717) is 6.61 Å². The normalized spacial score (nSPS) is 11.7. The standard InChI is InChI=1S/C20H37BrO2/c1-3-5-7-8-9-11-15-19(14-6-4-2)18-20(22)23-17-13-10-12-16-21/h18H,3-17H2,1-2H3/b19-18+. The second-order valence-corrected chi connectivity index (χ2v) is 7.13. The zero-order valence-corrected chi connectivity index (χ0v) is 17.0. The van der Waals surface area contributed by atoms with Crippen LogP contribution in [-0.4, -0.2) is 17.9 Å². The summed E-state index contributed by atoms with van der Waals surface area (Å²) in [5, 5.41) is 1.03. The predicted octanol–water partition coefficient (Wildman–Crippen LogP) is 6.96. The van der Waals surface area contributed by atoms with Crippen LogP contribution >= 0.6 is 15.9 Å². The number of hydrogen-bond acceptors (Lipinski definition) is 2. The molecule has 0 saturated heterocycles. The Balaban J connectivity index is 4.00. The Kier molecular flexibility index (Phi) is 17.8. The average molecular weight is 389 g/mol. The summed E-state index contributed by atoms with van der Waals surface area (Å²) in [5.74, 6) is -0.138. The van der Waals surface area contributed by atoms with Crippen LogP contribution in [0.2, 0.25) is 0 Å². The smallest absolute Gasteiger partial charge is 0.330 e. The fourth-order valence-corrected chi connectivity index (χ4v) is 2.96. The van der Waals surface area contributed by atoms with Gasteiger partial charge in [0.1, 0.15) is 0 Å². The molecule has 0 aromatic rings. The molecule has 3 heteroatoms. The lowest BCUT2D eigenvalue weighted by atomic mass is 10.0. The second-order valence-electron chi connectivity index (χ2n) is 6.34. The van der Waals surface area contributed by atoms with Gasteiger partial charge < -0.3 is 4.74 Å². The molecule has 0 aromatic heterocycles. The molecule has 0 heterocycles. The van der Waals surface area contributed by atoms with Crippen LogP contribution in [0.3, 0.4) is 0 Å². The quantitative estimate of drug-likeness (QED) is 0.123. The molecule has 0 amide bonds. The molecular weight excluding hydrogens is 352 g/mol. The van der Waals surface area contributed by atoms with Gasteiger partial charge in [-0.3, -0.25) is 0 Å². The van der Waals surface area contributed by atoms with Gasteiger partial charge in [0, 0.05) is 11.4 Å². The minimum Gasteiger partial charge on any atom is -0.463 e. The molecule has 0 saturated carbocycles. The molecule has 0 aliphatic heterocycles. The first kappa shape index (κ1) is 22.7. The maximum Gasteiger partial charge on any atom is 0.330 e. The molecule has 0 aromatic carbocycles. The van der Waals surface area contributed by atoms with E-state index < -0.39 is 0 Å². The highest BCUT2D eigenvalue weighted by atomic mass is 79.9. The molecule has 0 N–H and O–H groups in total. The number of halogens is 1. The molecule has 2 nitrogen and oxygen atoms in total. The van der Waals surface area contributed by atoms with Gasteiger partial charge in [0.05, 0.1) is 6.61 Å². The Hall–Kier alpha value is -0.310. The van der Waals surface area contributed by atoms with Crippen LogP contribution in [0.15, 0.2) is 11.6 Å². The Bertz CT molecular complexity index is 300. The van der Waals surface area contributed by atoms with Gasteiger partial charge in [-0.2, -0.15) is 0 Å². The largest absolute Gasteiger partial charge is 0.463 e. The summed E-state index contributed by atoms with van der Waals surface area (Å²) in [6.07, 6.45) is 17.2. The third-order valence-corrected chi connectivity index (χ3v) is 4.61. The van der Waals surface area contributed by atoms with Crippen LogP contribution in [-0.2, 0) is 9.53 Å². The van der Waals surface area contributed by atoms with Crippen molar-refractivity contribution in [2.24, 2.45) is 0 Å². The summed E-state index contributed by atoms with van der Waals surface area (Å²) < 4.78 is 5.33. The first-order valence-electron chi connectivity index (χ1n) is 9.66. The average Bonchev–Trinajstić information content (AvgIpc) is 2.55. The summed E-state index contributed by atoms with van der Waals surface area (Å²) in [5.41, 5.74) is 1.28. The van der Waals surface area contributed by atoms with E-state index >= 15 is 0 Å². The summed E-state index contributed by atoms with van der Waals surface area (Å²) in [7, 11) is 0. The number of esters is 1. The number of hydrogen-bond donors (Lipinski definition) is 0. The molecule has 0 radical (unpaired) electrons. The van der Waals surface area contributed by atoms with Crippen LogP contribution in [0, 0.1) is 0 Å². The maximum atomic E-state index is 11.9.